The summed E-state index contributed by atoms with van der Waals surface area (Å²) in [7, 11) is 0. The first-order valence-electron chi connectivity index (χ1n) is 6.04. The van der Waals surface area contributed by atoms with Crippen molar-refractivity contribution in [1.29, 1.82) is 0 Å². The smallest absolute Gasteiger partial charge is 0.357 e. The third-order valence-electron chi connectivity index (χ3n) is 2.16. The van der Waals surface area contributed by atoms with Gasteiger partial charge in [-0.1, -0.05) is 11.6 Å². The van der Waals surface area contributed by atoms with E-state index in [1.165, 1.54) is 0 Å². The molecule has 0 bridgehead atoms. The molecule has 0 fully saturated rings. The van der Waals surface area contributed by atoms with Gasteiger partial charge >= 0.3 is 5.97 Å². The monoisotopic (exact) mass is 248 g/mol. The van der Waals surface area contributed by atoms with Gasteiger partial charge in [0, 0.05) is 12.5 Å². The van der Waals surface area contributed by atoms with E-state index in [0.717, 1.165) is 5.57 Å². The summed E-state index contributed by atoms with van der Waals surface area (Å²) in [6.07, 6.45) is 0.676. The van der Waals surface area contributed by atoms with Crippen LogP contribution in [0, 0.1) is 0 Å². The van der Waals surface area contributed by atoms with Crippen LogP contribution >= 0.6 is 0 Å². The molecule has 1 aromatic heterocycles. The fourth-order valence-corrected chi connectivity index (χ4v) is 1.32. The Bertz CT molecular complexity index is 428. The Labute approximate surface area is 108 Å². The second kappa shape index (κ2) is 6.79. The zero-order valence-corrected chi connectivity index (χ0v) is 11.2. The summed E-state index contributed by atoms with van der Waals surface area (Å²) < 4.78 is 5.11. The lowest BCUT2D eigenvalue weighted by molar-refractivity contribution is 0.0503. The molecule has 0 saturated carbocycles. The van der Waals surface area contributed by atoms with Gasteiger partial charge in [-0.15, -0.1) is 6.58 Å². The zero-order chi connectivity index (χ0) is 13.5. The molecular formula is C14H20N2O2. The third-order valence-corrected chi connectivity index (χ3v) is 2.16. The third kappa shape index (κ3) is 4.99. The number of carbonyl (C=O) groups is 1. The van der Waals surface area contributed by atoms with Crippen LogP contribution in [0.1, 0.15) is 37.7 Å². The highest BCUT2D eigenvalue weighted by Gasteiger charge is 2.09. The first-order chi connectivity index (χ1) is 8.49. The van der Waals surface area contributed by atoms with E-state index in [1.54, 1.807) is 12.1 Å². The predicted molar refractivity (Wildman–Crippen MR) is 72.7 cm³/mol. The van der Waals surface area contributed by atoms with Crippen LogP contribution in [0.3, 0.4) is 0 Å². The van der Waals surface area contributed by atoms with Gasteiger partial charge in [-0.2, -0.15) is 0 Å². The highest BCUT2D eigenvalue weighted by molar-refractivity contribution is 5.87. The Morgan fingerprint density at radius 3 is 2.83 bits per heavy atom. The van der Waals surface area contributed by atoms with Gasteiger partial charge in [-0.05, 0) is 32.9 Å². The lowest BCUT2D eigenvalue weighted by Crippen LogP contribution is -2.14. The number of hydrogen-bond donors (Lipinski definition) is 1. The summed E-state index contributed by atoms with van der Waals surface area (Å²) in [4.78, 5) is 15.9. The van der Waals surface area contributed by atoms with E-state index in [1.807, 2.05) is 26.8 Å². The molecule has 98 valence electrons. The fourth-order valence-electron chi connectivity index (χ4n) is 1.32. The maximum Gasteiger partial charge on any atom is 0.357 e. The molecule has 4 heteroatoms. The van der Waals surface area contributed by atoms with Crippen LogP contribution in [-0.4, -0.2) is 23.6 Å². The largest absolute Gasteiger partial charge is 0.461 e. The van der Waals surface area contributed by atoms with Crippen molar-refractivity contribution in [2.45, 2.75) is 33.2 Å². The van der Waals surface area contributed by atoms with Crippen LogP contribution < -0.4 is 5.32 Å². The molecule has 0 aliphatic heterocycles. The number of pyridine rings is 1. The van der Waals surface area contributed by atoms with Gasteiger partial charge in [-0.3, -0.25) is 0 Å². The van der Waals surface area contributed by atoms with E-state index in [0.29, 0.717) is 24.5 Å². The van der Waals surface area contributed by atoms with E-state index >= 15 is 0 Å². The molecule has 4 nitrogen and oxygen atoms in total. The van der Waals surface area contributed by atoms with Crippen molar-refractivity contribution >= 4 is 11.8 Å². The molecule has 0 aliphatic carbocycles. The molecule has 1 heterocycles. The zero-order valence-electron chi connectivity index (χ0n) is 11.2. The normalized spacial score (nSPS) is 10.2. The van der Waals surface area contributed by atoms with Gasteiger partial charge in [0.2, 0.25) is 0 Å². The number of hydrogen-bond acceptors (Lipinski definition) is 4. The van der Waals surface area contributed by atoms with Gasteiger partial charge in [0.25, 0.3) is 0 Å². The second-order valence-electron chi connectivity index (χ2n) is 4.55. The molecule has 1 aromatic rings. The summed E-state index contributed by atoms with van der Waals surface area (Å²) in [5, 5.41) is 3.14. The van der Waals surface area contributed by atoms with Gasteiger partial charge in [0.1, 0.15) is 5.82 Å². The predicted octanol–water partition coefficient (Wildman–Crippen LogP) is 3.02. The van der Waals surface area contributed by atoms with Crippen LogP contribution in [0.5, 0.6) is 0 Å². The van der Waals surface area contributed by atoms with Crippen LogP contribution in [0.4, 0.5) is 5.82 Å². The van der Waals surface area contributed by atoms with Crippen molar-refractivity contribution < 1.29 is 9.53 Å². The molecular weight excluding hydrogens is 228 g/mol. The summed E-state index contributed by atoms with van der Waals surface area (Å²) in [5.74, 6) is 0.281. The highest BCUT2D eigenvalue weighted by atomic mass is 16.5. The molecule has 0 radical (unpaired) electrons. The lowest BCUT2D eigenvalue weighted by atomic mass is 10.3. The van der Waals surface area contributed by atoms with E-state index < -0.39 is 5.97 Å². The average molecular weight is 248 g/mol. The van der Waals surface area contributed by atoms with Crippen molar-refractivity contribution in [3.8, 4) is 0 Å². The van der Waals surface area contributed by atoms with Gasteiger partial charge in [-0.25, -0.2) is 9.78 Å². The number of ether oxygens (including phenoxy) is 1. The Hall–Kier alpha value is -1.84. The Morgan fingerprint density at radius 2 is 2.22 bits per heavy atom. The number of carbonyl (C=O) groups excluding carboxylic acids is 1. The Morgan fingerprint density at radius 1 is 1.50 bits per heavy atom. The first-order valence-corrected chi connectivity index (χ1v) is 6.04. The maximum atomic E-state index is 11.7. The number of nitrogens with zero attached hydrogens (tertiary/aromatic N) is 1. The minimum atomic E-state index is -0.399. The molecule has 0 atom stereocenters. The van der Waals surface area contributed by atoms with Crippen molar-refractivity contribution in [1.82, 2.24) is 4.98 Å². The summed E-state index contributed by atoms with van der Waals surface area (Å²) >= 11 is 0. The molecule has 1 N–H and O–H groups in total. The van der Waals surface area contributed by atoms with Crippen LogP contribution in [0.15, 0.2) is 30.4 Å². The quantitative estimate of drug-likeness (QED) is 0.621. The molecule has 0 amide bonds. The number of esters is 1. The van der Waals surface area contributed by atoms with Crippen molar-refractivity contribution in [3.05, 3.63) is 36.0 Å². The minimum Gasteiger partial charge on any atom is -0.461 e. The molecule has 18 heavy (non-hydrogen) atoms. The van der Waals surface area contributed by atoms with Gasteiger partial charge in [0.05, 0.1) is 6.61 Å². The van der Waals surface area contributed by atoms with Crippen molar-refractivity contribution in [2.24, 2.45) is 0 Å². The lowest BCUT2D eigenvalue weighted by Gasteiger charge is -2.10. The van der Waals surface area contributed by atoms with Crippen molar-refractivity contribution in [3.63, 3.8) is 0 Å². The highest BCUT2D eigenvalue weighted by Crippen LogP contribution is 2.08. The summed E-state index contributed by atoms with van der Waals surface area (Å²) in [5.41, 5.74) is 1.31. The molecule has 0 spiro atoms. The summed E-state index contributed by atoms with van der Waals surface area (Å²) in [6, 6.07) is 5.53. The SMILES string of the molecule is C=C(C)CCOC(=O)c1cccc(NC(C)C)n1. The Balaban J connectivity index is 2.59. The van der Waals surface area contributed by atoms with E-state index in [9.17, 15) is 4.79 Å². The number of anilines is 1. The van der Waals surface area contributed by atoms with Crippen LogP contribution in [0.2, 0.25) is 0 Å². The Kier molecular flexibility index (Phi) is 5.36. The topological polar surface area (TPSA) is 51.2 Å². The van der Waals surface area contributed by atoms with Crippen LogP contribution in [-0.2, 0) is 4.74 Å². The second-order valence-corrected chi connectivity index (χ2v) is 4.55. The van der Waals surface area contributed by atoms with Crippen LogP contribution in [0.25, 0.3) is 0 Å². The van der Waals surface area contributed by atoms with E-state index in [2.05, 4.69) is 16.9 Å². The van der Waals surface area contributed by atoms with Gasteiger partial charge in [0.15, 0.2) is 5.69 Å². The minimum absolute atomic E-state index is 0.271. The average Bonchev–Trinajstić information content (AvgIpc) is 2.27. The fraction of sp³-hybridized carbons (Fsp3) is 0.429. The number of rotatable bonds is 6. The first kappa shape index (κ1) is 14.2. The molecule has 1 rings (SSSR count). The maximum absolute atomic E-state index is 11.7. The summed E-state index contributed by atoms with van der Waals surface area (Å²) in [6.45, 7) is 10.0. The molecule has 0 aromatic carbocycles. The van der Waals surface area contributed by atoms with Gasteiger partial charge < -0.3 is 10.1 Å². The molecule has 0 aliphatic rings. The van der Waals surface area contributed by atoms with Crippen molar-refractivity contribution in [2.75, 3.05) is 11.9 Å². The molecule has 0 saturated heterocycles. The number of aromatic nitrogens is 1. The van der Waals surface area contributed by atoms with E-state index in [4.69, 9.17) is 4.74 Å². The standard InChI is InChI=1S/C14H20N2O2/c1-10(2)8-9-18-14(17)12-6-5-7-13(16-12)15-11(3)4/h5-7,11H,1,8-9H2,2-4H3,(H,15,16). The molecule has 0 unspecified atom stereocenters. The van der Waals surface area contributed by atoms with E-state index in [-0.39, 0.29) is 6.04 Å². The number of nitrogens with one attached hydrogen (secondary N) is 1.